The zero-order valence-corrected chi connectivity index (χ0v) is 13.0. The Labute approximate surface area is 118 Å². The second kappa shape index (κ2) is 8.89. The molecule has 19 heavy (non-hydrogen) atoms. The van der Waals surface area contributed by atoms with E-state index in [-0.39, 0.29) is 0 Å². The van der Waals surface area contributed by atoms with E-state index < -0.39 is 9.84 Å². The Hall–Kier alpha value is -0.170. The van der Waals surface area contributed by atoms with Crippen LogP contribution in [-0.2, 0) is 9.84 Å². The summed E-state index contributed by atoms with van der Waals surface area (Å²) in [6.45, 7) is 7.25. The SMILES string of the molecule is CS(=O)(=O)CCCN1CCN(CCCCCN)CC1. The summed E-state index contributed by atoms with van der Waals surface area (Å²) in [7, 11) is -2.80. The van der Waals surface area contributed by atoms with Crippen molar-refractivity contribution in [2.24, 2.45) is 5.73 Å². The number of nitrogens with two attached hydrogens (primary N) is 1. The zero-order chi connectivity index (χ0) is 14.1. The van der Waals surface area contributed by atoms with Crippen LogP contribution in [-0.4, -0.2) is 76.0 Å². The van der Waals surface area contributed by atoms with Crippen LogP contribution in [0.5, 0.6) is 0 Å². The second-order valence-electron chi connectivity index (χ2n) is 5.52. The van der Waals surface area contributed by atoms with Crippen molar-refractivity contribution >= 4 is 9.84 Å². The predicted octanol–water partition coefficient (Wildman–Crippen LogP) is 0.168. The fourth-order valence-corrected chi connectivity index (χ4v) is 3.10. The van der Waals surface area contributed by atoms with Gasteiger partial charge in [-0.2, -0.15) is 0 Å². The largest absolute Gasteiger partial charge is 0.330 e. The standard InChI is InChI=1S/C13H29N3O2S/c1-19(17,18)13-5-8-16-11-9-15(10-12-16)7-4-2-3-6-14/h2-14H2,1H3. The van der Waals surface area contributed by atoms with E-state index in [1.165, 1.54) is 25.6 Å². The molecule has 0 unspecified atom stereocenters. The molecule has 1 heterocycles. The number of unbranched alkanes of at least 4 members (excludes halogenated alkanes) is 2. The van der Waals surface area contributed by atoms with Crippen molar-refractivity contribution in [3.8, 4) is 0 Å². The molecule has 1 rings (SSSR count). The average molecular weight is 291 g/mol. The zero-order valence-electron chi connectivity index (χ0n) is 12.2. The smallest absolute Gasteiger partial charge is 0.147 e. The third-order valence-electron chi connectivity index (χ3n) is 3.63. The van der Waals surface area contributed by atoms with E-state index in [0.717, 1.165) is 52.1 Å². The minimum Gasteiger partial charge on any atom is -0.330 e. The van der Waals surface area contributed by atoms with Gasteiger partial charge in [-0.25, -0.2) is 8.42 Å². The monoisotopic (exact) mass is 291 g/mol. The van der Waals surface area contributed by atoms with Gasteiger partial charge in [0.1, 0.15) is 9.84 Å². The summed E-state index contributed by atoms with van der Waals surface area (Å²) in [5.41, 5.74) is 5.48. The van der Waals surface area contributed by atoms with Gasteiger partial charge in [0.15, 0.2) is 0 Å². The van der Waals surface area contributed by atoms with Gasteiger partial charge in [-0.3, -0.25) is 0 Å². The fourth-order valence-electron chi connectivity index (χ4n) is 2.44. The molecule has 0 aromatic heterocycles. The molecule has 0 saturated carbocycles. The van der Waals surface area contributed by atoms with E-state index in [9.17, 15) is 8.42 Å². The average Bonchev–Trinajstić information content (AvgIpc) is 2.35. The predicted molar refractivity (Wildman–Crippen MR) is 80.1 cm³/mol. The van der Waals surface area contributed by atoms with Crippen molar-refractivity contribution in [3.05, 3.63) is 0 Å². The third-order valence-corrected chi connectivity index (χ3v) is 4.66. The van der Waals surface area contributed by atoms with E-state index in [1.54, 1.807) is 0 Å². The number of rotatable bonds is 9. The van der Waals surface area contributed by atoms with Crippen LogP contribution in [0.25, 0.3) is 0 Å². The van der Waals surface area contributed by atoms with Gasteiger partial charge in [-0.1, -0.05) is 6.42 Å². The van der Waals surface area contributed by atoms with Crippen LogP contribution in [0.3, 0.4) is 0 Å². The van der Waals surface area contributed by atoms with Crippen LogP contribution in [0, 0.1) is 0 Å². The minimum atomic E-state index is -2.80. The maximum atomic E-state index is 11.1. The molecule has 0 radical (unpaired) electrons. The van der Waals surface area contributed by atoms with Crippen LogP contribution in [0.2, 0.25) is 0 Å². The van der Waals surface area contributed by atoms with Crippen molar-refractivity contribution in [2.75, 3.05) is 57.8 Å². The molecule has 0 aromatic carbocycles. The van der Waals surface area contributed by atoms with Crippen LogP contribution < -0.4 is 5.73 Å². The van der Waals surface area contributed by atoms with Crippen molar-refractivity contribution in [1.29, 1.82) is 0 Å². The lowest BCUT2D eigenvalue weighted by Crippen LogP contribution is -2.46. The summed E-state index contributed by atoms with van der Waals surface area (Å²) in [5, 5.41) is 0. The molecule has 1 aliphatic heterocycles. The molecule has 6 heteroatoms. The molecular weight excluding hydrogens is 262 g/mol. The Morgan fingerprint density at radius 3 is 1.89 bits per heavy atom. The summed E-state index contributed by atoms with van der Waals surface area (Å²) in [6, 6.07) is 0. The van der Waals surface area contributed by atoms with Crippen LogP contribution in [0.15, 0.2) is 0 Å². The lowest BCUT2D eigenvalue weighted by molar-refractivity contribution is 0.131. The van der Waals surface area contributed by atoms with Crippen LogP contribution >= 0.6 is 0 Å². The van der Waals surface area contributed by atoms with Gasteiger partial charge in [0.2, 0.25) is 0 Å². The first-order valence-corrected chi connectivity index (χ1v) is 9.40. The van der Waals surface area contributed by atoms with Crippen molar-refractivity contribution in [1.82, 2.24) is 9.80 Å². The quantitative estimate of drug-likeness (QED) is 0.613. The van der Waals surface area contributed by atoms with E-state index in [0.29, 0.717) is 5.75 Å². The highest BCUT2D eigenvalue weighted by Crippen LogP contribution is 2.05. The number of nitrogens with zero attached hydrogens (tertiary/aromatic N) is 2. The molecule has 0 aromatic rings. The number of sulfone groups is 1. The normalized spacial score (nSPS) is 18.8. The van der Waals surface area contributed by atoms with Crippen molar-refractivity contribution in [3.63, 3.8) is 0 Å². The molecule has 0 atom stereocenters. The number of piperazine rings is 1. The highest BCUT2D eigenvalue weighted by Gasteiger charge is 2.16. The number of hydrogen-bond donors (Lipinski definition) is 1. The highest BCUT2D eigenvalue weighted by atomic mass is 32.2. The molecular formula is C13H29N3O2S. The van der Waals surface area contributed by atoms with Gasteiger partial charge in [-0.05, 0) is 38.9 Å². The Morgan fingerprint density at radius 2 is 1.42 bits per heavy atom. The second-order valence-corrected chi connectivity index (χ2v) is 7.78. The van der Waals surface area contributed by atoms with Gasteiger partial charge >= 0.3 is 0 Å². The van der Waals surface area contributed by atoms with E-state index >= 15 is 0 Å². The molecule has 1 saturated heterocycles. The van der Waals surface area contributed by atoms with Gasteiger partial charge in [0, 0.05) is 32.4 Å². The maximum Gasteiger partial charge on any atom is 0.147 e. The van der Waals surface area contributed by atoms with Crippen LogP contribution in [0.4, 0.5) is 0 Å². The van der Waals surface area contributed by atoms with Gasteiger partial charge in [0.05, 0.1) is 5.75 Å². The summed E-state index contributed by atoms with van der Waals surface area (Å²) in [4.78, 5) is 4.88. The molecule has 0 amide bonds. The van der Waals surface area contributed by atoms with Crippen molar-refractivity contribution < 1.29 is 8.42 Å². The minimum absolute atomic E-state index is 0.312. The Balaban J connectivity index is 2.05. The Bertz CT molecular complexity index is 325. The van der Waals surface area contributed by atoms with Crippen molar-refractivity contribution in [2.45, 2.75) is 25.7 Å². The molecule has 0 spiro atoms. The molecule has 1 aliphatic rings. The Kier molecular flexibility index (Phi) is 7.90. The Morgan fingerprint density at radius 1 is 0.895 bits per heavy atom. The summed E-state index contributed by atoms with van der Waals surface area (Å²) >= 11 is 0. The third kappa shape index (κ3) is 8.57. The number of hydrogen-bond acceptors (Lipinski definition) is 5. The van der Waals surface area contributed by atoms with E-state index in [4.69, 9.17) is 5.73 Å². The lowest BCUT2D eigenvalue weighted by atomic mass is 10.2. The topological polar surface area (TPSA) is 66.6 Å². The van der Waals surface area contributed by atoms with E-state index in [1.807, 2.05) is 0 Å². The molecule has 1 fully saturated rings. The highest BCUT2D eigenvalue weighted by molar-refractivity contribution is 7.90. The van der Waals surface area contributed by atoms with Gasteiger partial charge in [-0.15, -0.1) is 0 Å². The maximum absolute atomic E-state index is 11.1. The molecule has 114 valence electrons. The first kappa shape index (κ1) is 16.9. The molecule has 0 aliphatic carbocycles. The van der Waals surface area contributed by atoms with Gasteiger partial charge in [0.25, 0.3) is 0 Å². The first-order chi connectivity index (χ1) is 9.01. The van der Waals surface area contributed by atoms with Gasteiger partial charge < -0.3 is 15.5 Å². The lowest BCUT2D eigenvalue weighted by Gasteiger charge is -2.34. The summed E-state index contributed by atoms with van der Waals surface area (Å²) < 4.78 is 22.1. The van der Waals surface area contributed by atoms with E-state index in [2.05, 4.69) is 9.80 Å². The van der Waals surface area contributed by atoms with Crippen LogP contribution in [0.1, 0.15) is 25.7 Å². The molecule has 2 N–H and O–H groups in total. The molecule has 5 nitrogen and oxygen atoms in total. The first-order valence-electron chi connectivity index (χ1n) is 7.34. The summed E-state index contributed by atoms with van der Waals surface area (Å²) in [6.07, 6.45) is 5.67. The fraction of sp³-hybridized carbons (Fsp3) is 1.00. The molecule has 0 bridgehead atoms. The summed E-state index contributed by atoms with van der Waals surface area (Å²) in [5.74, 6) is 0.312.